The molecule has 2 N–H and O–H groups in total. The molecule has 0 unspecified atom stereocenters. The molecule has 0 spiro atoms. The SMILES string of the molecule is CCCOc1ccccc1NCc1c(C)n[nH]c1C. The number of aromatic nitrogens is 2. The predicted molar refractivity (Wildman–Crippen MR) is 77.6 cm³/mol. The lowest BCUT2D eigenvalue weighted by Crippen LogP contribution is -2.04. The molecule has 2 rings (SSSR count). The molecule has 1 aromatic carbocycles. The van der Waals surface area contributed by atoms with Crippen molar-refractivity contribution in [1.29, 1.82) is 0 Å². The third kappa shape index (κ3) is 3.28. The lowest BCUT2D eigenvalue weighted by atomic mass is 10.2. The van der Waals surface area contributed by atoms with E-state index in [9.17, 15) is 0 Å². The fourth-order valence-electron chi connectivity index (χ4n) is 1.97. The largest absolute Gasteiger partial charge is 0.491 e. The number of aryl methyl sites for hydroxylation is 2. The number of anilines is 1. The molecular formula is C15H21N3O. The monoisotopic (exact) mass is 259 g/mol. The van der Waals surface area contributed by atoms with Gasteiger partial charge in [-0.1, -0.05) is 19.1 Å². The standard InChI is InChI=1S/C15H21N3O/c1-4-9-19-15-8-6-5-7-14(15)16-10-13-11(2)17-18-12(13)3/h5-8,16H,4,9-10H2,1-3H3,(H,17,18). The minimum absolute atomic E-state index is 0.739. The van der Waals surface area contributed by atoms with Gasteiger partial charge >= 0.3 is 0 Å². The zero-order chi connectivity index (χ0) is 13.7. The van der Waals surface area contributed by atoms with E-state index in [-0.39, 0.29) is 0 Å². The minimum Gasteiger partial charge on any atom is -0.491 e. The number of aromatic amines is 1. The summed E-state index contributed by atoms with van der Waals surface area (Å²) in [7, 11) is 0. The van der Waals surface area contributed by atoms with Gasteiger partial charge in [-0.05, 0) is 32.4 Å². The molecule has 0 amide bonds. The molecule has 0 aliphatic rings. The Morgan fingerprint density at radius 3 is 2.74 bits per heavy atom. The molecular weight excluding hydrogens is 238 g/mol. The summed E-state index contributed by atoms with van der Waals surface area (Å²) < 4.78 is 5.73. The Kier molecular flexibility index (Phi) is 4.44. The molecule has 0 atom stereocenters. The Balaban J connectivity index is 2.07. The Hall–Kier alpha value is -1.97. The molecule has 0 bridgehead atoms. The van der Waals surface area contributed by atoms with Crippen molar-refractivity contribution in [3.05, 3.63) is 41.2 Å². The predicted octanol–water partition coefficient (Wildman–Crippen LogP) is 3.43. The fourth-order valence-corrected chi connectivity index (χ4v) is 1.97. The van der Waals surface area contributed by atoms with Crippen LogP contribution in [0.2, 0.25) is 0 Å². The van der Waals surface area contributed by atoms with Gasteiger partial charge in [0.1, 0.15) is 5.75 Å². The highest BCUT2D eigenvalue weighted by molar-refractivity contribution is 5.56. The summed E-state index contributed by atoms with van der Waals surface area (Å²) in [6.07, 6.45) is 1.01. The zero-order valence-corrected chi connectivity index (χ0v) is 11.8. The molecule has 1 heterocycles. The smallest absolute Gasteiger partial charge is 0.142 e. The lowest BCUT2D eigenvalue weighted by molar-refractivity contribution is 0.319. The van der Waals surface area contributed by atoms with Crippen molar-refractivity contribution in [2.24, 2.45) is 0 Å². The zero-order valence-electron chi connectivity index (χ0n) is 11.8. The fraction of sp³-hybridized carbons (Fsp3) is 0.400. The molecule has 102 valence electrons. The Bertz CT molecular complexity index is 514. The molecule has 4 nitrogen and oxygen atoms in total. The van der Waals surface area contributed by atoms with Crippen molar-refractivity contribution in [2.45, 2.75) is 33.7 Å². The summed E-state index contributed by atoms with van der Waals surface area (Å²) in [6.45, 7) is 7.65. The molecule has 0 aliphatic heterocycles. The van der Waals surface area contributed by atoms with Gasteiger partial charge in [0, 0.05) is 17.8 Å². The number of ether oxygens (including phenoxy) is 1. The van der Waals surface area contributed by atoms with Gasteiger partial charge in [-0.15, -0.1) is 0 Å². The van der Waals surface area contributed by atoms with E-state index in [0.29, 0.717) is 0 Å². The van der Waals surface area contributed by atoms with Gasteiger partial charge in [0.25, 0.3) is 0 Å². The highest BCUT2D eigenvalue weighted by Crippen LogP contribution is 2.25. The molecule has 0 radical (unpaired) electrons. The lowest BCUT2D eigenvalue weighted by Gasteiger charge is -2.12. The third-order valence-corrected chi connectivity index (χ3v) is 3.09. The van der Waals surface area contributed by atoms with E-state index < -0.39 is 0 Å². The van der Waals surface area contributed by atoms with Crippen LogP contribution in [0.15, 0.2) is 24.3 Å². The van der Waals surface area contributed by atoms with Crippen molar-refractivity contribution < 1.29 is 4.74 Å². The van der Waals surface area contributed by atoms with E-state index in [1.165, 1.54) is 5.56 Å². The van der Waals surface area contributed by atoms with E-state index in [4.69, 9.17) is 4.74 Å². The third-order valence-electron chi connectivity index (χ3n) is 3.09. The average Bonchev–Trinajstić information content (AvgIpc) is 2.74. The van der Waals surface area contributed by atoms with Crippen molar-refractivity contribution in [2.75, 3.05) is 11.9 Å². The second-order valence-corrected chi connectivity index (χ2v) is 4.61. The van der Waals surface area contributed by atoms with Crippen LogP contribution in [0.5, 0.6) is 5.75 Å². The molecule has 0 saturated carbocycles. The summed E-state index contributed by atoms with van der Waals surface area (Å²) in [5.74, 6) is 0.906. The number of hydrogen-bond acceptors (Lipinski definition) is 3. The van der Waals surface area contributed by atoms with Crippen molar-refractivity contribution in [3.63, 3.8) is 0 Å². The first-order chi connectivity index (χ1) is 9.22. The molecule has 4 heteroatoms. The highest BCUT2D eigenvalue weighted by atomic mass is 16.5. The van der Waals surface area contributed by atoms with E-state index in [1.807, 2.05) is 38.1 Å². The van der Waals surface area contributed by atoms with Gasteiger partial charge in [-0.2, -0.15) is 5.10 Å². The van der Waals surface area contributed by atoms with Crippen LogP contribution >= 0.6 is 0 Å². The first-order valence-electron chi connectivity index (χ1n) is 6.68. The maximum atomic E-state index is 5.73. The van der Waals surface area contributed by atoms with Crippen LogP contribution in [0, 0.1) is 13.8 Å². The van der Waals surface area contributed by atoms with Crippen LogP contribution in [0.1, 0.15) is 30.3 Å². The molecule has 0 aliphatic carbocycles. The van der Waals surface area contributed by atoms with Crippen LogP contribution < -0.4 is 10.1 Å². The van der Waals surface area contributed by atoms with Crippen molar-refractivity contribution >= 4 is 5.69 Å². The van der Waals surface area contributed by atoms with Gasteiger partial charge in [0.05, 0.1) is 18.0 Å². The quantitative estimate of drug-likeness (QED) is 0.835. The van der Waals surface area contributed by atoms with Crippen LogP contribution in [0.3, 0.4) is 0 Å². The van der Waals surface area contributed by atoms with Crippen molar-refractivity contribution in [3.8, 4) is 5.75 Å². The number of nitrogens with zero attached hydrogens (tertiary/aromatic N) is 1. The summed E-state index contributed by atoms with van der Waals surface area (Å²) in [6, 6.07) is 8.03. The topological polar surface area (TPSA) is 49.9 Å². The highest BCUT2D eigenvalue weighted by Gasteiger charge is 2.07. The number of nitrogens with one attached hydrogen (secondary N) is 2. The Morgan fingerprint density at radius 2 is 2.05 bits per heavy atom. The van der Waals surface area contributed by atoms with Gasteiger partial charge < -0.3 is 10.1 Å². The van der Waals surface area contributed by atoms with Gasteiger partial charge in [0.2, 0.25) is 0 Å². The normalized spacial score (nSPS) is 10.5. The average molecular weight is 259 g/mol. The molecule has 2 aromatic rings. The Labute approximate surface area is 114 Å². The van der Waals surface area contributed by atoms with E-state index in [0.717, 1.165) is 42.4 Å². The first kappa shape index (κ1) is 13.5. The van der Waals surface area contributed by atoms with Gasteiger partial charge in [-0.3, -0.25) is 5.10 Å². The van der Waals surface area contributed by atoms with Crippen LogP contribution in [-0.4, -0.2) is 16.8 Å². The summed E-state index contributed by atoms with van der Waals surface area (Å²) in [4.78, 5) is 0. The molecule has 19 heavy (non-hydrogen) atoms. The molecule has 0 saturated heterocycles. The molecule has 1 aromatic heterocycles. The molecule has 0 fully saturated rings. The number of H-pyrrole nitrogens is 1. The maximum Gasteiger partial charge on any atom is 0.142 e. The van der Waals surface area contributed by atoms with Gasteiger partial charge in [-0.25, -0.2) is 0 Å². The summed E-state index contributed by atoms with van der Waals surface area (Å²) in [5, 5.41) is 10.6. The second kappa shape index (κ2) is 6.27. The number of para-hydroxylation sites is 2. The maximum absolute atomic E-state index is 5.73. The van der Waals surface area contributed by atoms with E-state index in [2.05, 4.69) is 22.4 Å². The summed E-state index contributed by atoms with van der Waals surface area (Å²) >= 11 is 0. The van der Waals surface area contributed by atoms with Crippen molar-refractivity contribution in [1.82, 2.24) is 10.2 Å². The first-order valence-corrected chi connectivity index (χ1v) is 6.68. The van der Waals surface area contributed by atoms with Crippen LogP contribution in [-0.2, 0) is 6.54 Å². The van der Waals surface area contributed by atoms with E-state index in [1.54, 1.807) is 0 Å². The summed E-state index contributed by atoms with van der Waals surface area (Å²) in [5.41, 5.74) is 4.38. The van der Waals surface area contributed by atoms with Crippen LogP contribution in [0.25, 0.3) is 0 Å². The van der Waals surface area contributed by atoms with Crippen LogP contribution in [0.4, 0.5) is 5.69 Å². The number of hydrogen-bond donors (Lipinski definition) is 2. The Morgan fingerprint density at radius 1 is 1.26 bits per heavy atom. The number of benzene rings is 1. The number of rotatable bonds is 6. The minimum atomic E-state index is 0.739. The van der Waals surface area contributed by atoms with Gasteiger partial charge in [0.15, 0.2) is 0 Å². The second-order valence-electron chi connectivity index (χ2n) is 4.61. The van der Waals surface area contributed by atoms with E-state index >= 15 is 0 Å².